The first-order valence-electron chi connectivity index (χ1n) is 7.54. The molecule has 0 fully saturated rings. The minimum Gasteiger partial charge on any atom is -0.507 e. The molecule has 128 valence electrons. The molecule has 2 aromatic carbocycles. The van der Waals surface area contributed by atoms with Crippen molar-refractivity contribution in [2.75, 3.05) is 0 Å². The molecule has 0 heterocycles. The van der Waals surface area contributed by atoms with Crippen molar-refractivity contribution in [1.29, 1.82) is 0 Å². The highest BCUT2D eigenvalue weighted by Gasteiger charge is 2.25. The van der Waals surface area contributed by atoms with Crippen molar-refractivity contribution in [3.8, 4) is 0 Å². The number of halogens is 1. The molecule has 0 bridgehead atoms. The van der Waals surface area contributed by atoms with E-state index in [-0.39, 0.29) is 27.9 Å². The van der Waals surface area contributed by atoms with E-state index in [2.05, 4.69) is 0 Å². The summed E-state index contributed by atoms with van der Waals surface area (Å²) in [5.41, 5.74) is 1.51. The van der Waals surface area contributed by atoms with Crippen LogP contribution in [0.3, 0.4) is 0 Å². The highest BCUT2D eigenvalue weighted by molar-refractivity contribution is 6.50. The van der Waals surface area contributed by atoms with Gasteiger partial charge in [-0.25, -0.2) is 0 Å². The number of hydrogen-bond acceptors (Lipinski definition) is 5. The number of Topliss-reactive ketones (excluding diaryl/α,β-unsaturated/α-hetero) is 2. The van der Waals surface area contributed by atoms with E-state index in [0.717, 1.165) is 12.2 Å². The van der Waals surface area contributed by atoms with E-state index < -0.39 is 11.6 Å². The Morgan fingerprint density at radius 1 is 0.615 bits per heavy atom. The van der Waals surface area contributed by atoms with Gasteiger partial charge in [-0.1, -0.05) is 60.1 Å². The predicted octanol–water partition coefficient (Wildman–Crippen LogP) is 3.54. The van der Waals surface area contributed by atoms with Crippen LogP contribution in [0.2, 0.25) is 0 Å². The van der Waals surface area contributed by atoms with Crippen molar-refractivity contribution in [3.63, 3.8) is 0 Å². The summed E-state index contributed by atoms with van der Waals surface area (Å²) >= 11 is 5.58. The molecule has 4 rings (SSSR count). The van der Waals surface area contributed by atoms with Crippen LogP contribution in [0.25, 0.3) is 5.76 Å². The van der Waals surface area contributed by atoms with Crippen LogP contribution >= 0.6 is 11.6 Å². The fourth-order valence-electron chi connectivity index (χ4n) is 2.59. The van der Waals surface area contributed by atoms with Gasteiger partial charge in [0.1, 0.15) is 5.76 Å². The van der Waals surface area contributed by atoms with Crippen molar-refractivity contribution >= 4 is 40.5 Å². The molecule has 2 aromatic rings. The van der Waals surface area contributed by atoms with E-state index in [1.54, 1.807) is 42.5 Å². The van der Waals surface area contributed by atoms with Gasteiger partial charge in [-0.3, -0.25) is 19.2 Å². The van der Waals surface area contributed by atoms with Crippen LogP contribution in [0, 0.1) is 0 Å². The summed E-state index contributed by atoms with van der Waals surface area (Å²) in [6.45, 7) is 0. The lowest BCUT2D eigenvalue weighted by Crippen LogP contribution is -2.18. The van der Waals surface area contributed by atoms with Crippen molar-refractivity contribution in [1.82, 2.24) is 0 Å². The Bertz CT molecular complexity index is 1020. The number of rotatable bonds is 0. The second-order valence-corrected chi connectivity index (χ2v) is 5.91. The molecular formula is C20H11ClO5. The number of hydrogen-bond donors (Lipinski definition) is 1. The highest BCUT2D eigenvalue weighted by Crippen LogP contribution is 2.23. The Morgan fingerprint density at radius 3 is 1.73 bits per heavy atom. The minimum atomic E-state index is -0.670. The summed E-state index contributed by atoms with van der Waals surface area (Å²) < 4.78 is 0. The second kappa shape index (κ2) is 6.90. The van der Waals surface area contributed by atoms with Gasteiger partial charge in [-0.2, -0.15) is 0 Å². The van der Waals surface area contributed by atoms with Crippen LogP contribution in [0.1, 0.15) is 36.6 Å². The van der Waals surface area contributed by atoms with Gasteiger partial charge < -0.3 is 5.11 Å². The fraction of sp³-hybridized carbons (Fsp3) is 0. The Balaban J connectivity index is 0.000000151. The summed E-state index contributed by atoms with van der Waals surface area (Å²) in [5.74, 6) is -1.86. The standard InChI is InChI=1S/C10H5ClO2.C10H6O3/c11-8-5-9(12)6-3-1-2-4-7(6)10(8)13;11-8-5-9(12)10(13)7-4-2-1-3-6(7)8/h1-5H;1-5,11H. The first kappa shape index (κ1) is 17.5. The summed E-state index contributed by atoms with van der Waals surface area (Å²) in [4.78, 5) is 45.0. The van der Waals surface area contributed by atoms with Crippen LogP contribution in [-0.2, 0) is 4.79 Å². The van der Waals surface area contributed by atoms with Crippen molar-refractivity contribution in [2.45, 2.75) is 0 Å². The molecule has 2 aliphatic rings. The zero-order chi connectivity index (χ0) is 18.8. The van der Waals surface area contributed by atoms with Gasteiger partial charge in [-0.05, 0) is 0 Å². The molecule has 0 saturated heterocycles. The molecule has 1 N–H and O–H groups in total. The maximum atomic E-state index is 11.4. The summed E-state index contributed by atoms with van der Waals surface area (Å²) in [6, 6.07) is 13.1. The third kappa shape index (κ3) is 3.12. The largest absolute Gasteiger partial charge is 0.507 e. The normalized spacial score (nSPS) is 15.3. The van der Waals surface area contributed by atoms with Crippen LogP contribution in [0.5, 0.6) is 0 Å². The van der Waals surface area contributed by atoms with Crippen molar-refractivity contribution < 1.29 is 24.3 Å². The smallest absolute Gasteiger partial charge is 0.233 e. The Hall–Kier alpha value is -3.31. The minimum absolute atomic E-state index is 0.0105. The summed E-state index contributed by atoms with van der Waals surface area (Å²) in [6.07, 6.45) is 2.11. The Labute approximate surface area is 153 Å². The number of fused-ring (bicyclic) bond motifs is 2. The highest BCUT2D eigenvalue weighted by atomic mass is 35.5. The zero-order valence-electron chi connectivity index (χ0n) is 13.2. The molecule has 0 atom stereocenters. The molecular weight excluding hydrogens is 356 g/mol. The summed E-state index contributed by atoms with van der Waals surface area (Å²) in [5, 5.41) is 9.33. The van der Waals surface area contributed by atoms with Gasteiger partial charge >= 0.3 is 0 Å². The lowest BCUT2D eigenvalue weighted by molar-refractivity contribution is -0.111. The number of carbonyl (C=O) groups is 4. The molecule has 0 aliphatic heterocycles. The second-order valence-electron chi connectivity index (χ2n) is 5.50. The topological polar surface area (TPSA) is 88.5 Å². The molecule has 5 nitrogen and oxygen atoms in total. The van der Waals surface area contributed by atoms with Crippen molar-refractivity contribution in [2.24, 2.45) is 0 Å². The van der Waals surface area contributed by atoms with Crippen LogP contribution < -0.4 is 0 Å². The number of aliphatic hydroxyl groups is 1. The number of ketones is 4. The predicted molar refractivity (Wildman–Crippen MR) is 95.4 cm³/mol. The van der Waals surface area contributed by atoms with Crippen LogP contribution in [0.4, 0.5) is 0 Å². The number of carbonyl (C=O) groups excluding carboxylic acids is 4. The molecule has 26 heavy (non-hydrogen) atoms. The van der Waals surface area contributed by atoms with Crippen molar-refractivity contribution in [3.05, 3.63) is 88.0 Å². The van der Waals surface area contributed by atoms with Gasteiger partial charge in [0, 0.05) is 34.4 Å². The maximum absolute atomic E-state index is 11.4. The molecule has 0 spiro atoms. The lowest BCUT2D eigenvalue weighted by Gasteiger charge is -2.10. The van der Waals surface area contributed by atoms with Crippen LogP contribution in [0.15, 0.2) is 65.7 Å². The van der Waals surface area contributed by atoms with Gasteiger partial charge in [-0.15, -0.1) is 0 Å². The average Bonchev–Trinajstić information content (AvgIpc) is 2.65. The monoisotopic (exact) mass is 366 g/mol. The lowest BCUT2D eigenvalue weighted by atomic mass is 9.94. The first-order chi connectivity index (χ1) is 12.4. The van der Waals surface area contributed by atoms with E-state index in [9.17, 15) is 24.3 Å². The number of benzene rings is 2. The zero-order valence-corrected chi connectivity index (χ0v) is 14.0. The molecule has 0 radical (unpaired) electrons. The number of allylic oxidation sites excluding steroid dienone is 3. The molecule has 0 unspecified atom stereocenters. The van der Waals surface area contributed by atoms with E-state index >= 15 is 0 Å². The van der Waals surface area contributed by atoms with E-state index in [0.29, 0.717) is 16.7 Å². The third-order valence-corrected chi connectivity index (χ3v) is 4.13. The molecule has 6 heteroatoms. The van der Waals surface area contributed by atoms with E-state index in [1.165, 1.54) is 6.07 Å². The van der Waals surface area contributed by atoms with Gasteiger partial charge in [0.15, 0.2) is 5.78 Å². The maximum Gasteiger partial charge on any atom is 0.233 e. The summed E-state index contributed by atoms with van der Waals surface area (Å²) in [7, 11) is 0. The van der Waals surface area contributed by atoms with Gasteiger partial charge in [0.25, 0.3) is 0 Å². The van der Waals surface area contributed by atoms with E-state index in [1.807, 2.05) is 0 Å². The average molecular weight is 367 g/mol. The molecule has 0 saturated carbocycles. The SMILES string of the molecule is O=C1C=C(Cl)C(=O)c2ccccc21.O=C1C=C(O)c2ccccc2C1=O. The Morgan fingerprint density at radius 2 is 1.12 bits per heavy atom. The third-order valence-electron chi connectivity index (χ3n) is 3.85. The quantitative estimate of drug-likeness (QED) is 0.720. The Kier molecular flexibility index (Phi) is 4.65. The molecule has 2 aliphatic carbocycles. The molecule has 0 aromatic heterocycles. The van der Waals surface area contributed by atoms with Gasteiger partial charge in [0.05, 0.1) is 5.03 Å². The van der Waals surface area contributed by atoms with Crippen LogP contribution in [-0.4, -0.2) is 28.2 Å². The number of aliphatic hydroxyl groups excluding tert-OH is 1. The van der Waals surface area contributed by atoms with Gasteiger partial charge in [0.2, 0.25) is 17.3 Å². The molecule has 0 amide bonds. The first-order valence-corrected chi connectivity index (χ1v) is 7.92. The van der Waals surface area contributed by atoms with E-state index in [4.69, 9.17) is 11.6 Å². The fourth-order valence-corrected chi connectivity index (χ4v) is 2.79.